The number of Topliss-reactive ketones (excluding diaryl/α,β-unsaturated/α-hetero) is 1. The number of aromatic nitrogens is 1. The van der Waals surface area contributed by atoms with Crippen molar-refractivity contribution in [2.45, 2.75) is 32.2 Å². The van der Waals surface area contributed by atoms with E-state index in [1.54, 1.807) is 48.8 Å². The van der Waals surface area contributed by atoms with Gasteiger partial charge in [0.25, 0.3) is 11.7 Å². The van der Waals surface area contributed by atoms with Gasteiger partial charge in [0.15, 0.2) is 0 Å². The first-order valence-electron chi connectivity index (χ1n) is 10.7. The number of methoxy groups -OCH3 is 1. The van der Waals surface area contributed by atoms with E-state index in [9.17, 15) is 14.7 Å². The number of aliphatic hydroxyl groups is 1. The molecule has 1 aliphatic rings. The van der Waals surface area contributed by atoms with Crippen LogP contribution in [0.1, 0.15) is 43.5 Å². The van der Waals surface area contributed by atoms with Crippen LogP contribution in [-0.4, -0.2) is 28.9 Å². The average Bonchev–Trinajstić information content (AvgIpc) is 3.09. The summed E-state index contributed by atoms with van der Waals surface area (Å²) in [5.41, 5.74) is 2.58. The summed E-state index contributed by atoms with van der Waals surface area (Å²) < 4.78 is 5.37. The van der Waals surface area contributed by atoms with Gasteiger partial charge >= 0.3 is 0 Å². The van der Waals surface area contributed by atoms with Gasteiger partial charge in [-0.15, -0.1) is 0 Å². The Labute approximate surface area is 193 Å². The van der Waals surface area contributed by atoms with E-state index in [1.807, 2.05) is 24.3 Å². The fourth-order valence-electron chi connectivity index (χ4n) is 4.06. The highest BCUT2D eigenvalue weighted by molar-refractivity contribution is 6.51. The normalized spacial score (nSPS) is 17.9. The van der Waals surface area contributed by atoms with Crippen LogP contribution in [0.4, 0.5) is 5.69 Å². The molecule has 1 N–H and O–H groups in total. The van der Waals surface area contributed by atoms with Gasteiger partial charge in [0.1, 0.15) is 11.5 Å². The van der Waals surface area contributed by atoms with Gasteiger partial charge in [-0.3, -0.25) is 19.5 Å². The van der Waals surface area contributed by atoms with Crippen molar-refractivity contribution in [1.29, 1.82) is 0 Å². The van der Waals surface area contributed by atoms with Crippen LogP contribution >= 0.6 is 0 Å². The van der Waals surface area contributed by atoms with Gasteiger partial charge in [-0.25, -0.2) is 0 Å². The van der Waals surface area contributed by atoms with Crippen molar-refractivity contribution >= 4 is 23.1 Å². The molecule has 6 heteroatoms. The number of nitrogens with zero attached hydrogens (tertiary/aromatic N) is 2. The molecule has 1 unspecified atom stereocenters. The minimum atomic E-state index is -0.830. The molecule has 1 saturated heterocycles. The smallest absolute Gasteiger partial charge is 0.300 e. The first-order chi connectivity index (χ1) is 15.7. The second-order valence-electron chi connectivity index (χ2n) is 8.95. The number of carbonyl (C=O) groups is 2. The number of ketones is 1. The second kappa shape index (κ2) is 8.54. The molecule has 4 rings (SSSR count). The van der Waals surface area contributed by atoms with Crippen LogP contribution in [-0.2, 0) is 15.0 Å². The predicted octanol–water partition coefficient (Wildman–Crippen LogP) is 5.01. The lowest BCUT2D eigenvalue weighted by molar-refractivity contribution is -0.132. The van der Waals surface area contributed by atoms with Gasteiger partial charge in [-0.1, -0.05) is 51.1 Å². The molecular weight excluding hydrogens is 416 g/mol. The third-order valence-corrected chi connectivity index (χ3v) is 5.82. The number of carbonyl (C=O) groups excluding carboxylic acids is 2. The summed E-state index contributed by atoms with van der Waals surface area (Å²) >= 11 is 0. The first-order valence-corrected chi connectivity index (χ1v) is 10.7. The van der Waals surface area contributed by atoms with Crippen molar-refractivity contribution in [2.75, 3.05) is 12.0 Å². The molecule has 0 bridgehead atoms. The van der Waals surface area contributed by atoms with Crippen molar-refractivity contribution in [3.05, 3.63) is 95.3 Å². The lowest BCUT2D eigenvalue weighted by atomic mass is 9.87. The largest absolute Gasteiger partial charge is 0.507 e. The number of pyridine rings is 1. The van der Waals surface area contributed by atoms with Crippen molar-refractivity contribution in [2.24, 2.45) is 0 Å². The molecule has 6 nitrogen and oxygen atoms in total. The van der Waals surface area contributed by atoms with Crippen LogP contribution in [0.2, 0.25) is 0 Å². The molecule has 0 saturated carbocycles. The van der Waals surface area contributed by atoms with E-state index >= 15 is 0 Å². The zero-order valence-corrected chi connectivity index (χ0v) is 19.1. The molecule has 1 amide bonds. The van der Waals surface area contributed by atoms with E-state index in [0.717, 1.165) is 5.56 Å². The number of aliphatic hydroxyl groups excluding tert-OH is 1. The molecule has 2 heterocycles. The Balaban J connectivity index is 1.91. The number of hydrogen-bond acceptors (Lipinski definition) is 5. The minimum absolute atomic E-state index is 0.00241. The number of anilines is 1. The van der Waals surface area contributed by atoms with Gasteiger partial charge in [0.2, 0.25) is 0 Å². The molecule has 1 aliphatic heterocycles. The van der Waals surface area contributed by atoms with Crippen LogP contribution < -0.4 is 9.64 Å². The van der Waals surface area contributed by atoms with Crippen molar-refractivity contribution in [1.82, 2.24) is 4.98 Å². The summed E-state index contributed by atoms with van der Waals surface area (Å²) in [5.74, 6) is -1.34. The fourth-order valence-corrected chi connectivity index (χ4v) is 4.06. The number of hydrogen-bond donors (Lipinski definition) is 1. The average molecular weight is 443 g/mol. The Kier molecular flexibility index (Phi) is 5.77. The molecule has 1 atom stereocenters. The minimum Gasteiger partial charge on any atom is -0.507 e. The van der Waals surface area contributed by atoms with Crippen molar-refractivity contribution in [3.8, 4) is 5.75 Å². The van der Waals surface area contributed by atoms with Crippen molar-refractivity contribution < 1.29 is 19.4 Å². The van der Waals surface area contributed by atoms with Gasteiger partial charge in [0.05, 0.1) is 24.3 Å². The van der Waals surface area contributed by atoms with E-state index in [4.69, 9.17) is 4.74 Å². The zero-order valence-electron chi connectivity index (χ0n) is 19.1. The van der Waals surface area contributed by atoms with Crippen molar-refractivity contribution in [3.63, 3.8) is 0 Å². The zero-order chi connectivity index (χ0) is 23.8. The molecule has 1 aromatic heterocycles. The highest BCUT2D eigenvalue weighted by Gasteiger charge is 2.47. The molecule has 168 valence electrons. The standard InChI is InChI=1S/C27H26N2O4/c1-27(2,3)18-11-13-19(14-12-18)29-23(17-8-7-15-28-16-17)22(25(31)26(29)32)24(30)20-9-5-6-10-21(20)33-4/h5-16,23,30H,1-4H3/b24-22+. The highest BCUT2D eigenvalue weighted by atomic mass is 16.5. The maximum absolute atomic E-state index is 13.3. The van der Waals surface area contributed by atoms with E-state index in [0.29, 0.717) is 22.6 Å². The van der Waals surface area contributed by atoms with Crippen LogP contribution in [0.15, 0.2) is 78.6 Å². The Bertz CT molecular complexity index is 1220. The number of amides is 1. The number of para-hydroxylation sites is 1. The highest BCUT2D eigenvalue weighted by Crippen LogP contribution is 2.43. The molecular formula is C27H26N2O4. The third-order valence-electron chi connectivity index (χ3n) is 5.82. The summed E-state index contributed by atoms with van der Waals surface area (Å²) in [6.07, 6.45) is 3.22. The monoisotopic (exact) mass is 442 g/mol. The van der Waals surface area contributed by atoms with Crippen LogP contribution in [0.5, 0.6) is 5.75 Å². The maximum atomic E-state index is 13.3. The lowest BCUT2D eigenvalue weighted by Crippen LogP contribution is -2.29. The van der Waals surface area contributed by atoms with E-state index in [-0.39, 0.29) is 16.7 Å². The fraction of sp³-hybridized carbons (Fsp3) is 0.222. The Morgan fingerprint density at radius 2 is 1.70 bits per heavy atom. The SMILES string of the molecule is COc1ccccc1/C(O)=C1\C(=O)C(=O)N(c2ccc(C(C)(C)C)cc2)C1c1cccnc1. The molecule has 1 fully saturated rings. The van der Waals surface area contributed by atoms with Crippen LogP contribution in [0, 0.1) is 0 Å². The quantitative estimate of drug-likeness (QED) is 0.349. The van der Waals surface area contributed by atoms with Gasteiger partial charge in [-0.05, 0) is 46.9 Å². The van der Waals surface area contributed by atoms with Gasteiger partial charge in [0, 0.05) is 18.1 Å². The molecule has 0 radical (unpaired) electrons. The number of rotatable bonds is 4. The third kappa shape index (κ3) is 4.00. The summed E-state index contributed by atoms with van der Waals surface area (Å²) in [6.45, 7) is 6.32. The molecule has 3 aromatic rings. The summed E-state index contributed by atoms with van der Waals surface area (Å²) in [5, 5.41) is 11.2. The van der Waals surface area contributed by atoms with E-state index < -0.39 is 17.7 Å². The number of benzene rings is 2. The Morgan fingerprint density at radius 3 is 2.30 bits per heavy atom. The summed E-state index contributed by atoms with van der Waals surface area (Å²) in [4.78, 5) is 32.1. The summed E-state index contributed by atoms with van der Waals surface area (Å²) in [7, 11) is 1.49. The molecule has 0 spiro atoms. The second-order valence-corrected chi connectivity index (χ2v) is 8.95. The summed E-state index contributed by atoms with van der Waals surface area (Å²) in [6, 6.07) is 17.1. The molecule has 0 aliphatic carbocycles. The van der Waals surface area contributed by atoms with Gasteiger partial charge in [-0.2, -0.15) is 0 Å². The lowest BCUT2D eigenvalue weighted by Gasteiger charge is -2.26. The maximum Gasteiger partial charge on any atom is 0.300 e. The van der Waals surface area contributed by atoms with E-state index in [1.165, 1.54) is 12.0 Å². The molecule has 2 aromatic carbocycles. The Hall–Kier alpha value is -3.93. The van der Waals surface area contributed by atoms with Crippen LogP contribution in [0.3, 0.4) is 0 Å². The molecule has 33 heavy (non-hydrogen) atoms. The first kappa shape index (κ1) is 22.3. The van der Waals surface area contributed by atoms with Gasteiger partial charge < -0.3 is 9.84 Å². The number of ether oxygens (including phenoxy) is 1. The topological polar surface area (TPSA) is 79.7 Å². The van der Waals surface area contributed by atoms with E-state index in [2.05, 4.69) is 25.8 Å². The Morgan fingerprint density at radius 1 is 1.00 bits per heavy atom. The van der Waals surface area contributed by atoms with Crippen LogP contribution in [0.25, 0.3) is 5.76 Å². The predicted molar refractivity (Wildman–Crippen MR) is 127 cm³/mol.